The molecule has 1 N–H and O–H groups in total. The number of halogens is 1. The first-order valence-corrected chi connectivity index (χ1v) is 16.9. The maximum atomic E-state index is 15.0. The molecular weight excluding hydrogens is 583 g/mol. The smallest absolute Gasteiger partial charge is 0.328 e. The molecule has 4 aliphatic rings. The second-order valence-corrected chi connectivity index (χ2v) is 14.6. The zero-order valence-electron chi connectivity index (χ0n) is 25.1. The molecule has 0 saturated heterocycles. The Bertz CT molecular complexity index is 2090. The van der Waals surface area contributed by atoms with E-state index in [0.717, 1.165) is 71.3 Å². The van der Waals surface area contributed by atoms with E-state index in [1.807, 2.05) is 18.2 Å². The van der Waals surface area contributed by atoms with Crippen LogP contribution < -0.4 is 4.74 Å². The third-order valence-electron chi connectivity index (χ3n) is 11.5. The van der Waals surface area contributed by atoms with E-state index in [1.165, 1.54) is 16.5 Å². The van der Waals surface area contributed by atoms with Crippen molar-refractivity contribution in [2.24, 2.45) is 17.3 Å². The predicted octanol–water partition coefficient (Wildman–Crippen LogP) is 7.90. The molecule has 0 amide bonds. The molecule has 45 heavy (non-hydrogen) atoms. The molecule has 3 aliphatic carbocycles. The van der Waals surface area contributed by atoms with Gasteiger partial charge in [0.05, 0.1) is 10.7 Å². The van der Waals surface area contributed by atoms with Crippen molar-refractivity contribution in [2.75, 3.05) is 5.75 Å². The fourth-order valence-corrected chi connectivity index (χ4v) is 10.4. The van der Waals surface area contributed by atoms with Gasteiger partial charge in [0.2, 0.25) is 0 Å². The highest BCUT2D eigenvalue weighted by atomic mass is 32.2. The van der Waals surface area contributed by atoms with Crippen LogP contribution in [0.5, 0.6) is 11.8 Å². The quantitative estimate of drug-likeness (QED) is 0.208. The minimum Gasteiger partial charge on any atom is -0.424 e. The van der Waals surface area contributed by atoms with Crippen LogP contribution in [0.25, 0.3) is 33.1 Å². The molecule has 3 heterocycles. The maximum Gasteiger partial charge on any atom is 0.328 e. The van der Waals surface area contributed by atoms with Crippen molar-refractivity contribution in [3.8, 4) is 35.6 Å². The Hall–Kier alpha value is -3.93. The summed E-state index contributed by atoms with van der Waals surface area (Å²) < 4.78 is 23.4. The molecule has 1 unspecified atom stereocenters. The molecule has 1 aliphatic heterocycles. The molecule has 6 nitrogen and oxygen atoms in total. The van der Waals surface area contributed by atoms with Gasteiger partial charge in [-0.3, -0.25) is 0 Å². The number of ether oxygens (including phenoxy) is 1. The van der Waals surface area contributed by atoms with Crippen molar-refractivity contribution >= 4 is 33.3 Å². The molecular formula is C37H33FN4O2S. The lowest BCUT2D eigenvalue weighted by atomic mass is 9.53. The van der Waals surface area contributed by atoms with Crippen LogP contribution in [0.2, 0.25) is 0 Å². The Labute approximate surface area is 265 Å². The minimum absolute atomic E-state index is 0.0470. The average molecular weight is 617 g/mol. The molecule has 2 aromatic heterocycles. The zero-order chi connectivity index (χ0) is 30.5. The highest BCUT2D eigenvalue weighted by Crippen LogP contribution is 2.64. The molecule has 5 aromatic rings. The summed E-state index contributed by atoms with van der Waals surface area (Å²) in [6.07, 6.45) is 10.6. The number of benzene rings is 3. The number of aryl methyl sites for hydroxylation is 1. The van der Waals surface area contributed by atoms with Crippen LogP contribution in [0.1, 0.15) is 56.1 Å². The Kier molecular flexibility index (Phi) is 5.95. The first-order chi connectivity index (χ1) is 21.8. The summed E-state index contributed by atoms with van der Waals surface area (Å²) in [5.74, 6) is 5.97. The van der Waals surface area contributed by atoms with E-state index in [0.29, 0.717) is 29.9 Å². The fraction of sp³-hybridized carbons (Fsp3) is 0.378. The Morgan fingerprint density at radius 3 is 2.67 bits per heavy atom. The van der Waals surface area contributed by atoms with E-state index in [4.69, 9.17) is 11.2 Å². The van der Waals surface area contributed by atoms with Crippen molar-refractivity contribution < 1.29 is 14.2 Å². The molecule has 5 atom stereocenters. The monoisotopic (exact) mass is 616 g/mol. The standard InChI is InChI=1S/C37H33FN4O2S/c1-3-37(43)15-13-30-27-10-8-23-18-24(9-11-25(23)26(27)12-14-36(30,37)2)44-35-40-32(39-34(38)41-35)31-28-19-21-6-4-5-7-22(21)20-29(28)33-42(31)16-17-45-33/h1,4-7,9,11,18-20,26-27,30,43H,8,10,12-17H2,2H3/t26-,27-,30+,36+,37?/m1/s1. The number of rotatable bonds is 3. The lowest BCUT2D eigenvalue weighted by molar-refractivity contribution is -0.0646. The van der Waals surface area contributed by atoms with Gasteiger partial charge in [0.1, 0.15) is 11.4 Å². The van der Waals surface area contributed by atoms with E-state index < -0.39 is 11.7 Å². The van der Waals surface area contributed by atoms with Gasteiger partial charge in [0, 0.05) is 28.5 Å². The largest absolute Gasteiger partial charge is 0.424 e. The van der Waals surface area contributed by atoms with Crippen LogP contribution in [-0.4, -0.2) is 36.0 Å². The Balaban J connectivity index is 1.04. The maximum absolute atomic E-state index is 15.0. The summed E-state index contributed by atoms with van der Waals surface area (Å²) in [6, 6.07) is 18.8. The van der Waals surface area contributed by atoms with Crippen LogP contribution in [0, 0.1) is 35.7 Å². The molecule has 0 radical (unpaired) electrons. The van der Waals surface area contributed by atoms with E-state index in [1.54, 1.807) is 11.8 Å². The Morgan fingerprint density at radius 2 is 1.84 bits per heavy atom. The van der Waals surface area contributed by atoms with Crippen LogP contribution in [0.3, 0.4) is 0 Å². The molecule has 226 valence electrons. The first kappa shape index (κ1) is 27.4. The van der Waals surface area contributed by atoms with Crippen molar-refractivity contribution in [3.05, 3.63) is 71.8 Å². The van der Waals surface area contributed by atoms with E-state index in [2.05, 4.69) is 68.8 Å². The van der Waals surface area contributed by atoms with Crippen molar-refractivity contribution in [1.82, 2.24) is 19.5 Å². The number of fused-ring (bicyclic) bond motifs is 9. The topological polar surface area (TPSA) is 73.1 Å². The van der Waals surface area contributed by atoms with Crippen LogP contribution in [0.4, 0.5) is 4.39 Å². The SMILES string of the molecule is C#CC1(O)CC[C@H]2[C@@H]3CCc4cc(Oc5nc(F)nc(-c6c7cc8ccccc8cc7c7n6CCS7)n5)ccc4[C@H]3CC[C@@]21C. The number of nitrogens with zero attached hydrogens (tertiary/aromatic N) is 4. The lowest BCUT2D eigenvalue weighted by Gasteiger charge is -2.52. The second-order valence-electron chi connectivity index (χ2n) is 13.5. The summed E-state index contributed by atoms with van der Waals surface area (Å²) >= 11 is 1.80. The number of thioether (sulfide) groups is 1. The summed E-state index contributed by atoms with van der Waals surface area (Å²) in [4.78, 5) is 12.8. The first-order valence-electron chi connectivity index (χ1n) is 16.0. The normalized spacial score (nSPS) is 28.4. The van der Waals surface area contributed by atoms with Gasteiger partial charge in [0.25, 0.3) is 0 Å². The molecule has 0 spiro atoms. The van der Waals surface area contributed by atoms with Gasteiger partial charge in [-0.2, -0.15) is 14.4 Å². The zero-order valence-corrected chi connectivity index (χ0v) is 25.9. The van der Waals surface area contributed by atoms with Crippen LogP contribution >= 0.6 is 11.8 Å². The third kappa shape index (κ3) is 3.96. The summed E-state index contributed by atoms with van der Waals surface area (Å²) in [5.41, 5.74) is 2.20. The van der Waals surface area contributed by atoms with E-state index in [-0.39, 0.29) is 17.2 Å². The van der Waals surface area contributed by atoms with Crippen molar-refractivity contribution in [1.29, 1.82) is 0 Å². The lowest BCUT2D eigenvalue weighted by Crippen LogP contribution is -2.50. The highest BCUT2D eigenvalue weighted by molar-refractivity contribution is 7.99. The molecule has 2 fully saturated rings. The van der Waals surface area contributed by atoms with Gasteiger partial charge in [-0.1, -0.05) is 43.2 Å². The van der Waals surface area contributed by atoms with Gasteiger partial charge < -0.3 is 14.4 Å². The molecule has 9 rings (SSSR count). The minimum atomic E-state index is -1.00. The average Bonchev–Trinajstić information content (AvgIpc) is 3.71. The van der Waals surface area contributed by atoms with Gasteiger partial charge in [-0.15, -0.1) is 23.2 Å². The van der Waals surface area contributed by atoms with Crippen molar-refractivity contribution in [3.63, 3.8) is 0 Å². The second kappa shape index (κ2) is 9.78. The number of aromatic nitrogens is 4. The summed E-state index contributed by atoms with van der Waals surface area (Å²) in [5, 5.41) is 16.8. The van der Waals surface area contributed by atoms with Crippen LogP contribution in [0.15, 0.2) is 59.6 Å². The van der Waals surface area contributed by atoms with Gasteiger partial charge in [-0.05, 0) is 102 Å². The van der Waals surface area contributed by atoms with Gasteiger partial charge in [0.15, 0.2) is 5.82 Å². The fourth-order valence-electron chi connectivity index (χ4n) is 9.31. The summed E-state index contributed by atoms with van der Waals surface area (Å²) in [6.45, 7) is 3.01. The predicted molar refractivity (Wildman–Crippen MR) is 174 cm³/mol. The molecule has 3 aromatic carbocycles. The van der Waals surface area contributed by atoms with Crippen molar-refractivity contribution in [2.45, 2.75) is 68.5 Å². The number of hydrogen-bond acceptors (Lipinski definition) is 6. The number of aliphatic hydroxyl groups is 1. The molecule has 0 bridgehead atoms. The molecule has 8 heteroatoms. The van der Waals surface area contributed by atoms with Crippen LogP contribution in [-0.2, 0) is 13.0 Å². The van der Waals surface area contributed by atoms with E-state index in [9.17, 15) is 5.11 Å². The Morgan fingerprint density at radius 1 is 1.02 bits per heavy atom. The summed E-state index contributed by atoms with van der Waals surface area (Å²) in [7, 11) is 0. The third-order valence-corrected chi connectivity index (χ3v) is 12.6. The highest BCUT2D eigenvalue weighted by Gasteiger charge is 2.61. The number of hydrogen-bond donors (Lipinski definition) is 1. The van der Waals surface area contributed by atoms with E-state index >= 15 is 4.39 Å². The number of terminal acetylenes is 1. The van der Waals surface area contributed by atoms with Gasteiger partial charge >= 0.3 is 12.1 Å². The van der Waals surface area contributed by atoms with Gasteiger partial charge in [-0.25, -0.2) is 0 Å². The molecule has 2 saturated carbocycles.